The monoisotopic (exact) mass is 221 g/mol. The van der Waals surface area contributed by atoms with Gasteiger partial charge in [0.2, 0.25) is 0 Å². The van der Waals surface area contributed by atoms with Crippen LogP contribution in [-0.4, -0.2) is 15.5 Å². The van der Waals surface area contributed by atoms with Crippen molar-refractivity contribution in [2.75, 3.05) is 0 Å². The Bertz CT molecular complexity index is 341. The minimum absolute atomic E-state index is 0.127. The lowest BCUT2D eigenvalue weighted by atomic mass is 10.1. The molecular formula is C13H23N3. The van der Waals surface area contributed by atoms with Gasteiger partial charge in [0, 0.05) is 35.5 Å². The van der Waals surface area contributed by atoms with Gasteiger partial charge in [-0.2, -0.15) is 0 Å². The first kappa shape index (κ1) is 13.1. The Kier molecular flexibility index (Phi) is 4.03. The van der Waals surface area contributed by atoms with Crippen LogP contribution >= 0.6 is 0 Å². The van der Waals surface area contributed by atoms with Crippen LogP contribution in [0.25, 0.3) is 0 Å². The zero-order valence-corrected chi connectivity index (χ0v) is 11.3. The number of hydrogen-bond donors (Lipinski definition) is 1. The molecule has 0 aliphatic carbocycles. The van der Waals surface area contributed by atoms with E-state index in [4.69, 9.17) is 0 Å². The predicted octanol–water partition coefficient (Wildman–Crippen LogP) is 2.54. The van der Waals surface area contributed by atoms with E-state index < -0.39 is 0 Å². The highest BCUT2D eigenvalue weighted by Gasteiger charge is 2.12. The van der Waals surface area contributed by atoms with E-state index in [2.05, 4.69) is 56.8 Å². The summed E-state index contributed by atoms with van der Waals surface area (Å²) in [5.74, 6) is 0.939. The molecule has 0 unspecified atom stereocenters. The zero-order valence-electron chi connectivity index (χ0n) is 11.3. The van der Waals surface area contributed by atoms with Gasteiger partial charge in [0.15, 0.2) is 0 Å². The van der Waals surface area contributed by atoms with E-state index in [0.29, 0.717) is 0 Å². The molecule has 1 rings (SSSR count). The standard InChI is InChI=1S/C13H23N3/c1-7-12-15-9(2)11(10(3)16-12)8-14-13(4,5)6/h14H,7-8H2,1-6H3. The summed E-state index contributed by atoms with van der Waals surface area (Å²) in [6.45, 7) is 13.5. The second-order valence-corrected chi connectivity index (χ2v) is 5.25. The Hall–Kier alpha value is -0.960. The van der Waals surface area contributed by atoms with Crippen LogP contribution in [0.3, 0.4) is 0 Å². The van der Waals surface area contributed by atoms with Crippen molar-refractivity contribution in [3.05, 3.63) is 22.8 Å². The number of nitrogens with one attached hydrogen (secondary N) is 1. The molecule has 0 fully saturated rings. The minimum atomic E-state index is 0.127. The normalized spacial score (nSPS) is 11.9. The number of nitrogens with zero attached hydrogens (tertiary/aromatic N) is 2. The minimum Gasteiger partial charge on any atom is -0.308 e. The Morgan fingerprint density at radius 2 is 1.56 bits per heavy atom. The highest BCUT2D eigenvalue weighted by molar-refractivity contribution is 5.24. The topological polar surface area (TPSA) is 37.8 Å². The molecule has 0 aromatic carbocycles. The first-order valence-corrected chi connectivity index (χ1v) is 5.91. The molecule has 1 aromatic rings. The third-order valence-electron chi connectivity index (χ3n) is 2.58. The average molecular weight is 221 g/mol. The van der Waals surface area contributed by atoms with Crippen molar-refractivity contribution >= 4 is 0 Å². The van der Waals surface area contributed by atoms with Gasteiger partial charge in [0.25, 0.3) is 0 Å². The quantitative estimate of drug-likeness (QED) is 0.852. The van der Waals surface area contributed by atoms with Crippen LogP contribution in [0.2, 0.25) is 0 Å². The number of aromatic nitrogens is 2. The van der Waals surface area contributed by atoms with Crippen molar-refractivity contribution in [1.29, 1.82) is 0 Å². The van der Waals surface area contributed by atoms with Gasteiger partial charge in [-0.15, -0.1) is 0 Å². The molecule has 1 aromatic heterocycles. The van der Waals surface area contributed by atoms with E-state index in [-0.39, 0.29) is 5.54 Å². The summed E-state index contributed by atoms with van der Waals surface area (Å²) in [7, 11) is 0. The van der Waals surface area contributed by atoms with E-state index in [1.807, 2.05) is 0 Å². The molecule has 0 atom stereocenters. The Morgan fingerprint density at radius 3 is 1.94 bits per heavy atom. The first-order chi connectivity index (χ1) is 7.33. The molecule has 0 aliphatic heterocycles. The first-order valence-electron chi connectivity index (χ1n) is 5.91. The van der Waals surface area contributed by atoms with E-state index in [1.165, 1.54) is 5.56 Å². The summed E-state index contributed by atoms with van der Waals surface area (Å²) in [6, 6.07) is 0. The summed E-state index contributed by atoms with van der Waals surface area (Å²) in [5, 5.41) is 3.48. The molecule has 0 spiro atoms. The molecular weight excluding hydrogens is 198 g/mol. The summed E-state index contributed by atoms with van der Waals surface area (Å²) >= 11 is 0. The van der Waals surface area contributed by atoms with Crippen LogP contribution in [0.5, 0.6) is 0 Å². The maximum Gasteiger partial charge on any atom is 0.128 e. The molecule has 0 saturated carbocycles. The van der Waals surface area contributed by atoms with E-state index in [9.17, 15) is 0 Å². The predicted molar refractivity (Wildman–Crippen MR) is 67.5 cm³/mol. The fraction of sp³-hybridized carbons (Fsp3) is 0.692. The fourth-order valence-electron chi connectivity index (χ4n) is 1.58. The van der Waals surface area contributed by atoms with Crippen molar-refractivity contribution in [3.63, 3.8) is 0 Å². The molecule has 0 amide bonds. The lowest BCUT2D eigenvalue weighted by molar-refractivity contribution is 0.422. The Labute approximate surface area is 98.7 Å². The van der Waals surface area contributed by atoms with Gasteiger partial charge in [-0.3, -0.25) is 0 Å². The van der Waals surface area contributed by atoms with Gasteiger partial charge in [-0.1, -0.05) is 6.92 Å². The van der Waals surface area contributed by atoms with E-state index in [1.54, 1.807) is 0 Å². The van der Waals surface area contributed by atoms with Crippen LogP contribution in [0.15, 0.2) is 0 Å². The van der Waals surface area contributed by atoms with Gasteiger partial charge in [-0.05, 0) is 34.6 Å². The summed E-state index contributed by atoms with van der Waals surface area (Å²) < 4.78 is 0. The van der Waals surface area contributed by atoms with Gasteiger partial charge in [0.1, 0.15) is 5.82 Å². The van der Waals surface area contributed by atoms with Crippen molar-refractivity contribution in [3.8, 4) is 0 Å². The number of rotatable bonds is 3. The lowest BCUT2D eigenvalue weighted by Crippen LogP contribution is -2.35. The molecule has 0 bridgehead atoms. The Balaban J connectivity index is 2.88. The van der Waals surface area contributed by atoms with E-state index >= 15 is 0 Å². The molecule has 0 saturated heterocycles. The van der Waals surface area contributed by atoms with E-state index in [0.717, 1.165) is 30.2 Å². The second kappa shape index (κ2) is 4.91. The number of hydrogen-bond acceptors (Lipinski definition) is 3. The van der Waals surface area contributed by atoms with Crippen LogP contribution in [0, 0.1) is 13.8 Å². The van der Waals surface area contributed by atoms with Crippen molar-refractivity contribution in [1.82, 2.24) is 15.3 Å². The van der Waals surface area contributed by atoms with Crippen LogP contribution < -0.4 is 5.32 Å². The lowest BCUT2D eigenvalue weighted by Gasteiger charge is -2.21. The van der Waals surface area contributed by atoms with Crippen LogP contribution in [-0.2, 0) is 13.0 Å². The van der Waals surface area contributed by atoms with Crippen molar-refractivity contribution in [2.24, 2.45) is 0 Å². The highest BCUT2D eigenvalue weighted by atomic mass is 15.0. The van der Waals surface area contributed by atoms with Gasteiger partial charge in [-0.25, -0.2) is 9.97 Å². The largest absolute Gasteiger partial charge is 0.308 e. The summed E-state index contributed by atoms with van der Waals surface area (Å²) in [6.07, 6.45) is 0.897. The maximum absolute atomic E-state index is 4.50. The SMILES string of the molecule is CCc1nc(C)c(CNC(C)(C)C)c(C)n1. The molecule has 3 nitrogen and oxygen atoms in total. The molecule has 16 heavy (non-hydrogen) atoms. The molecule has 0 radical (unpaired) electrons. The molecule has 1 heterocycles. The van der Waals surface area contributed by atoms with Gasteiger partial charge >= 0.3 is 0 Å². The molecule has 0 aliphatic rings. The number of aryl methyl sites for hydroxylation is 3. The third kappa shape index (κ3) is 3.56. The zero-order chi connectivity index (χ0) is 12.3. The molecule has 90 valence electrons. The van der Waals surface area contributed by atoms with Crippen molar-refractivity contribution in [2.45, 2.75) is 60.0 Å². The Morgan fingerprint density at radius 1 is 1.06 bits per heavy atom. The third-order valence-corrected chi connectivity index (χ3v) is 2.58. The fourth-order valence-corrected chi connectivity index (χ4v) is 1.58. The highest BCUT2D eigenvalue weighted by Crippen LogP contribution is 2.12. The average Bonchev–Trinajstić information content (AvgIpc) is 2.14. The molecule has 3 heteroatoms. The second-order valence-electron chi connectivity index (χ2n) is 5.25. The smallest absolute Gasteiger partial charge is 0.128 e. The van der Waals surface area contributed by atoms with Crippen LogP contribution in [0.4, 0.5) is 0 Å². The van der Waals surface area contributed by atoms with Gasteiger partial charge in [0.05, 0.1) is 0 Å². The maximum atomic E-state index is 4.50. The summed E-state index contributed by atoms with van der Waals surface area (Å²) in [5.41, 5.74) is 3.55. The van der Waals surface area contributed by atoms with Crippen molar-refractivity contribution < 1.29 is 0 Å². The van der Waals surface area contributed by atoms with Crippen LogP contribution in [0.1, 0.15) is 50.5 Å². The van der Waals surface area contributed by atoms with Gasteiger partial charge < -0.3 is 5.32 Å². The summed E-state index contributed by atoms with van der Waals surface area (Å²) in [4.78, 5) is 9.00. The molecule has 1 N–H and O–H groups in total.